The van der Waals surface area contributed by atoms with E-state index in [1.165, 1.54) is 0 Å². The highest BCUT2D eigenvalue weighted by Gasteiger charge is 2.21. The van der Waals surface area contributed by atoms with E-state index in [0.29, 0.717) is 30.2 Å². The molecule has 1 saturated heterocycles. The summed E-state index contributed by atoms with van der Waals surface area (Å²) in [5, 5.41) is 0. The molecule has 0 saturated carbocycles. The smallest absolute Gasteiger partial charge is 0.253 e. The van der Waals surface area contributed by atoms with E-state index < -0.39 is 10.8 Å². The summed E-state index contributed by atoms with van der Waals surface area (Å²) in [6.45, 7) is 3.18. The number of rotatable bonds is 1. The molecule has 0 aromatic heterocycles. The van der Waals surface area contributed by atoms with Crippen LogP contribution in [0.5, 0.6) is 0 Å². The molecule has 3 nitrogen and oxygen atoms in total. The topological polar surface area (TPSA) is 37.4 Å². The van der Waals surface area contributed by atoms with E-state index in [1.807, 2.05) is 25.1 Å². The van der Waals surface area contributed by atoms with Gasteiger partial charge in [-0.25, -0.2) is 0 Å². The molecular formula is C12H14BrNO2S. The first-order valence-corrected chi connectivity index (χ1v) is 7.76. The van der Waals surface area contributed by atoms with Gasteiger partial charge in [-0.05, 0) is 24.6 Å². The van der Waals surface area contributed by atoms with Gasteiger partial charge in [0.25, 0.3) is 5.91 Å². The minimum absolute atomic E-state index is 0.0300. The molecule has 1 amide bonds. The van der Waals surface area contributed by atoms with Gasteiger partial charge in [0.05, 0.1) is 0 Å². The maximum Gasteiger partial charge on any atom is 0.253 e. The standard InChI is InChI=1S/C12H14BrNO2S/c1-9-2-3-10(8-11(9)13)12(15)14-4-6-17(16)7-5-14/h2-3,8H,4-7H2,1H3. The molecule has 0 unspecified atom stereocenters. The molecule has 92 valence electrons. The van der Waals surface area contributed by atoms with Gasteiger partial charge in [-0.1, -0.05) is 22.0 Å². The number of hydrogen-bond acceptors (Lipinski definition) is 2. The second kappa shape index (κ2) is 5.31. The fraction of sp³-hybridized carbons (Fsp3) is 0.417. The van der Waals surface area contributed by atoms with E-state index in [1.54, 1.807) is 4.90 Å². The third kappa shape index (κ3) is 2.96. The summed E-state index contributed by atoms with van der Waals surface area (Å²) in [5.41, 5.74) is 1.80. The zero-order valence-corrected chi connectivity index (χ0v) is 12.0. The van der Waals surface area contributed by atoms with Crippen molar-refractivity contribution in [1.29, 1.82) is 0 Å². The second-order valence-corrected chi connectivity index (χ2v) is 6.65. The molecule has 2 rings (SSSR count). The van der Waals surface area contributed by atoms with Crippen molar-refractivity contribution in [1.82, 2.24) is 4.90 Å². The Morgan fingerprint density at radius 2 is 2.00 bits per heavy atom. The van der Waals surface area contributed by atoms with Crippen molar-refractivity contribution < 1.29 is 9.00 Å². The van der Waals surface area contributed by atoms with Crippen LogP contribution in [-0.2, 0) is 10.8 Å². The maximum atomic E-state index is 12.2. The number of hydrogen-bond donors (Lipinski definition) is 0. The second-order valence-electron chi connectivity index (χ2n) is 4.10. The quantitative estimate of drug-likeness (QED) is 0.794. The number of carbonyl (C=O) groups excluding carboxylic acids is 1. The molecular weight excluding hydrogens is 302 g/mol. The first kappa shape index (κ1) is 12.8. The van der Waals surface area contributed by atoms with E-state index >= 15 is 0 Å². The summed E-state index contributed by atoms with van der Waals surface area (Å²) in [6.07, 6.45) is 0. The van der Waals surface area contributed by atoms with Gasteiger partial charge in [0.1, 0.15) is 0 Å². The largest absolute Gasteiger partial charge is 0.337 e. The fourth-order valence-corrected chi connectivity index (χ4v) is 3.18. The first-order chi connectivity index (χ1) is 8.08. The number of aryl methyl sites for hydroxylation is 1. The highest BCUT2D eigenvalue weighted by Crippen LogP contribution is 2.19. The summed E-state index contributed by atoms with van der Waals surface area (Å²) >= 11 is 3.43. The first-order valence-electron chi connectivity index (χ1n) is 5.48. The Morgan fingerprint density at radius 1 is 1.35 bits per heavy atom. The van der Waals surface area contributed by atoms with Crippen LogP contribution in [0.2, 0.25) is 0 Å². The number of nitrogens with zero attached hydrogens (tertiary/aromatic N) is 1. The Kier molecular flexibility index (Phi) is 3.99. The van der Waals surface area contributed by atoms with Crippen LogP contribution in [0, 0.1) is 6.92 Å². The van der Waals surface area contributed by atoms with Gasteiger partial charge >= 0.3 is 0 Å². The molecule has 5 heteroatoms. The van der Waals surface area contributed by atoms with Crippen LogP contribution in [0.15, 0.2) is 22.7 Å². The van der Waals surface area contributed by atoms with Crippen molar-refractivity contribution in [2.75, 3.05) is 24.6 Å². The molecule has 1 aliphatic rings. The maximum absolute atomic E-state index is 12.2. The van der Waals surface area contributed by atoms with Crippen LogP contribution in [0.1, 0.15) is 15.9 Å². The SMILES string of the molecule is Cc1ccc(C(=O)N2CCS(=O)CC2)cc1Br. The molecule has 0 atom stereocenters. The zero-order valence-electron chi connectivity index (χ0n) is 9.61. The van der Waals surface area contributed by atoms with Crippen molar-refractivity contribution in [3.05, 3.63) is 33.8 Å². The van der Waals surface area contributed by atoms with Crippen molar-refractivity contribution in [2.45, 2.75) is 6.92 Å². The summed E-state index contributed by atoms with van der Waals surface area (Å²) < 4.78 is 12.2. The Morgan fingerprint density at radius 3 is 2.59 bits per heavy atom. The zero-order chi connectivity index (χ0) is 12.4. The molecule has 0 aliphatic carbocycles. The van der Waals surface area contributed by atoms with Crippen molar-refractivity contribution in [2.24, 2.45) is 0 Å². The predicted octanol–water partition coefficient (Wildman–Crippen LogP) is 1.96. The highest BCUT2D eigenvalue weighted by atomic mass is 79.9. The number of amides is 1. The molecule has 1 fully saturated rings. The van der Waals surface area contributed by atoms with E-state index in [2.05, 4.69) is 15.9 Å². The predicted molar refractivity (Wildman–Crippen MR) is 72.7 cm³/mol. The monoisotopic (exact) mass is 315 g/mol. The van der Waals surface area contributed by atoms with Gasteiger partial charge < -0.3 is 4.90 Å². The lowest BCUT2D eigenvalue weighted by Crippen LogP contribution is -2.41. The molecule has 0 N–H and O–H groups in total. The van der Waals surface area contributed by atoms with Crippen LogP contribution in [-0.4, -0.2) is 39.6 Å². The third-order valence-corrected chi connectivity index (χ3v) is 5.01. The van der Waals surface area contributed by atoms with E-state index in [4.69, 9.17) is 0 Å². The van der Waals surface area contributed by atoms with Gasteiger partial charge in [0.2, 0.25) is 0 Å². The summed E-state index contributed by atoms with van der Waals surface area (Å²) in [7, 11) is -0.745. The normalized spacial score (nSPS) is 17.2. The Bertz CT molecular complexity index is 466. The molecule has 0 bridgehead atoms. The molecule has 1 aromatic rings. The Balaban J connectivity index is 2.14. The van der Waals surface area contributed by atoms with Gasteiger partial charge in [0.15, 0.2) is 0 Å². The minimum atomic E-state index is -0.745. The van der Waals surface area contributed by atoms with Crippen LogP contribution >= 0.6 is 15.9 Å². The molecule has 1 heterocycles. The Hall–Kier alpha value is -0.680. The van der Waals surface area contributed by atoms with Gasteiger partial charge in [0, 0.05) is 45.4 Å². The molecule has 17 heavy (non-hydrogen) atoms. The van der Waals surface area contributed by atoms with Crippen molar-refractivity contribution >= 4 is 32.6 Å². The third-order valence-electron chi connectivity index (χ3n) is 2.88. The van der Waals surface area contributed by atoms with E-state index in [-0.39, 0.29) is 5.91 Å². The fourth-order valence-electron chi connectivity index (χ4n) is 1.75. The van der Waals surface area contributed by atoms with Gasteiger partial charge in [-0.15, -0.1) is 0 Å². The number of benzene rings is 1. The number of carbonyl (C=O) groups is 1. The molecule has 0 radical (unpaired) electrons. The van der Waals surface area contributed by atoms with Crippen molar-refractivity contribution in [3.8, 4) is 0 Å². The van der Waals surface area contributed by atoms with Crippen LogP contribution < -0.4 is 0 Å². The summed E-state index contributed by atoms with van der Waals surface area (Å²) in [6, 6.07) is 5.62. The van der Waals surface area contributed by atoms with E-state index in [9.17, 15) is 9.00 Å². The minimum Gasteiger partial charge on any atom is -0.337 e. The summed E-state index contributed by atoms with van der Waals surface area (Å²) in [4.78, 5) is 14.0. The lowest BCUT2D eigenvalue weighted by atomic mass is 10.1. The molecule has 0 spiro atoms. The lowest BCUT2D eigenvalue weighted by molar-refractivity contribution is 0.0771. The van der Waals surface area contributed by atoms with Gasteiger partial charge in [-0.2, -0.15) is 0 Å². The van der Waals surface area contributed by atoms with Crippen LogP contribution in [0.4, 0.5) is 0 Å². The highest BCUT2D eigenvalue weighted by molar-refractivity contribution is 9.10. The number of halogens is 1. The van der Waals surface area contributed by atoms with E-state index in [0.717, 1.165) is 10.0 Å². The van der Waals surface area contributed by atoms with Crippen molar-refractivity contribution in [3.63, 3.8) is 0 Å². The van der Waals surface area contributed by atoms with Gasteiger partial charge in [-0.3, -0.25) is 9.00 Å². The van der Waals surface area contributed by atoms with Crippen LogP contribution in [0.3, 0.4) is 0 Å². The molecule has 1 aliphatic heterocycles. The Labute approximate surface area is 112 Å². The lowest BCUT2D eigenvalue weighted by Gasteiger charge is -2.26. The van der Waals surface area contributed by atoms with Crippen LogP contribution in [0.25, 0.3) is 0 Å². The average Bonchev–Trinajstić information content (AvgIpc) is 2.33. The average molecular weight is 316 g/mol. The summed E-state index contributed by atoms with van der Waals surface area (Å²) in [5.74, 6) is 1.22. The molecule has 1 aromatic carbocycles.